The lowest BCUT2D eigenvalue weighted by Crippen LogP contribution is -2.25. The van der Waals surface area contributed by atoms with Crippen molar-refractivity contribution in [3.63, 3.8) is 0 Å². The Kier molecular flexibility index (Phi) is 6.82. The Hall–Kier alpha value is -3.48. The molecule has 4 rings (SSSR count). The summed E-state index contributed by atoms with van der Waals surface area (Å²) in [5.74, 6) is 1.79. The van der Waals surface area contributed by atoms with Gasteiger partial charge in [-0.3, -0.25) is 4.79 Å². The monoisotopic (exact) mass is 463 g/mol. The summed E-state index contributed by atoms with van der Waals surface area (Å²) in [6, 6.07) is 10.2. The molecule has 34 heavy (non-hydrogen) atoms. The van der Waals surface area contributed by atoms with Gasteiger partial charge < -0.3 is 24.2 Å². The van der Waals surface area contributed by atoms with Crippen molar-refractivity contribution in [1.82, 2.24) is 10.5 Å². The van der Waals surface area contributed by atoms with Gasteiger partial charge in [0.15, 0.2) is 11.5 Å². The molecule has 0 atom stereocenters. The number of carbonyl (C=O) groups is 1. The van der Waals surface area contributed by atoms with E-state index in [0.29, 0.717) is 23.6 Å². The van der Waals surface area contributed by atoms with Crippen LogP contribution in [0.25, 0.3) is 22.5 Å². The number of amides is 1. The number of hydrogen-bond donors (Lipinski definition) is 1. The van der Waals surface area contributed by atoms with E-state index in [-0.39, 0.29) is 17.5 Å². The lowest BCUT2D eigenvalue weighted by molar-refractivity contribution is 0.0947. The maximum atomic E-state index is 13.0. The van der Waals surface area contributed by atoms with Crippen LogP contribution in [0.4, 0.5) is 5.69 Å². The van der Waals surface area contributed by atoms with Gasteiger partial charge in [-0.25, -0.2) is 0 Å². The second-order valence-electron chi connectivity index (χ2n) is 8.91. The van der Waals surface area contributed by atoms with Crippen LogP contribution in [0.5, 0.6) is 11.5 Å². The summed E-state index contributed by atoms with van der Waals surface area (Å²) in [6.07, 6.45) is 2.18. The van der Waals surface area contributed by atoms with E-state index in [2.05, 4.69) is 54.5 Å². The van der Waals surface area contributed by atoms with Gasteiger partial charge >= 0.3 is 0 Å². The summed E-state index contributed by atoms with van der Waals surface area (Å²) >= 11 is 0. The Labute approximate surface area is 201 Å². The molecule has 7 nitrogen and oxygen atoms in total. The minimum absolute atomic E-state index is 0.214. The van der Waals surface area contributed by atoms with Gasteiger partial charge in [0.05, 0.1) is 25.3 Å². The fraction of sp³-hybridized carbons (Fsp3) is 0.407. The molecule has 0 saturated carbocycles. The van der Waals surface area contributed by atoms with Crippen LogP contribution in [0.15, 0.2) is 34.9 Å². The summed E-state index contributed by atoms with van der Waals surface area (Å²) in [6.45, 7) is 7.59. The number of ether oxygens (including phenoxy) is 2. The Bertz CT molecular complexity index is 1200. The average molecular weight is 464 g/mol. The second kappa shape index (κ2) is 9.79. The van der Waals surface area contributed by atoms with Crippen LogP contribution in [0.2, 0.25) is 0 Å². The van der Waals surface area contributed by atoms with Crippen LogP contribution >= 0.6 is 0 Å². The first-order valence-electron chi connectivity index (χ1n) is 11.8. The van der Waals surface area contributed by atoms with Crippen molar-refractivity contribution in [1.29, 1.82) is 0 Å². The number of aromatic nitrogens is 1. The first kappa shape index (κ1) is 23.7. The van der Waals surface area contributed by atoms with E-state index >= 15 is 0 Å². The smallest absolute Gasteiger partial charge is 0.274 e. The first-order valence-corrected chi connectivity index (χ1v) is 11.8. The number of methoxy groups -OCH3 is 2. The zero-order chi connectivity index (χ0) is 24.4. The van der Waals surface area contributed by atoms with Crippen LogP contribution in [-0.4, -0.2) is 45.4 Å². The molecule has 0 spiro atoms. The van der Waals surface area contributed by atoms with Crippen molar-refractivity contribution in [3.8, 4) is 33.9 Å². The first-order chi connectivity index (χ1) is 16.4. The van der Waals surface area contributed by atoms with Gasteiger partial charge in [0.2, 0.25) is 0 Å². The number of nitrogens with one attached hydrogen (secondary N) is 1. The topological polar surface area (TPSA) is 76.8 Å². The SMILES string of the molecule is CCNC(=O)c1noc(-c2cc(C(C)C)c(OC)cc2OC)c1-c1ccc2c(c1)N(C)CCC2. The molecule has 0 radical (unpaired) electrons. The molecule has 2 aromatic carbocycles. The summed E-state index contributed by atoms with van der Waals surface area (Å²) in [4.78, 5) is 15.2. The molecular formula is C27H33N3O4. The Morgan fingerprint density at radius 2 is 1.94 bits per heavy atom. The third kappa shape index (κ3) is 4.22. The standard InChI is InChI=1S/C27H33N3O4/c1-7-28-27(31)25-24(18-11-10-17-9-8-12-30(4)21(17)13-18)26(34-29-25)20-14-19(16(2)3)22(32-5)15-23(20)33-6/h10-11,13-16H,7-9,12H2,1-6H3,(H,28,31). The maximum absolute atomic E-state index is 13.0. The quantitative estimate of drug-likeness (QED) is 0.514. The zero-order valence-electron chi connectivity index (χ0n) is 20.8. The maximum Gasteiger partial charge on any atom is 0.274 e. The highest BCUT2D eigenvalue weighted by atomic mass is 16.5. The van der Waals surface area contributed by atoms with Crippen molar-refractivity contribution in [2.75, 3.05) is 39.3 Å². The van der Waals surface area contributed by atoms with Gasteiger partial charge in [-0.15, -0.1) is 0 Å². The lowest BCUT2D eigenvalue weighted by atomic mass is 9.92. The van der Waals surface area contributed by atoms with Crippen molar-refractivity contribution in [3.05, 3.63) is 47.2 Å². The Morgan fingerprint density at radius 1 is 1.18 bits per heavy atom. The molecule has 0 aliphatic carbocycles. The molecule has 1 aliphatic heterocycles. The number of benzene rings is 2. The van der Waals surface area contributed by atoms with Crippen molar-refractivity contribution < 1.29 is 18.8 Å². The van der Waals surface area contributed by atoms with Gasteiger partial charge in [0, 0.05) is 31.9 Å². The highest BCUT2D eigenvalue weighted by Crippen LogP contribution is 2.44. The normalized spacial score (nSPS) is 13.1. The van der Waals surface area contributed by atoms with Crippen LogP contribution in [-0.2, 0) is 6.42 Å². The molecule has 3 aromatic rings. The Balaban J connectivity index is 1.97. The number of rotatable bonds is 7. The number of fused-ring (bicyclic) bond motifs is 1. The molecule has 0 fully saturated rings. The highest BCUT2D eigenvalue weighted by molar-refractivity contribution is 6.03. The molecule has 0 unspecified atom stereocenters. The predicted octanol–water partition coefficient (Wildman–Crippen LogP) is 5.28. The van der Waals surface area contributed by atoms with E-state index in [4.69, 9.17) is 14.0 Å². The number of nitrogens with zero attached hydrogens (tertiary/aromatic N) is 2. The molecule has 7 heteroatoms. The van der Waals surface area contributed by atoms with Crippen LogP contribution in [0.1, 0.15) is 54.7 Å². The molecule has 0 saturated heterocycles. The van der Waals surface area contributed by atoms with E-state index in [9.17, 15) is 4.79 Å². The predicted molar refractivity (Wildman–Crippen MR) is 134 cm³/mol. The summed E-state index contributed by atoms with van der Waals surface area (Å²) in [5.41, 5.74) is 6.03. The van der Waals surface area contributed by atoms with Crippen LogP contribution in [0.3, 0.4) is 0 Å². The van der Waals surface area contributed by atoms with Crippen molar-refractivity contribution in [2.45, 2.75) is 39.5 Å². The molecule has 1 aromatic heterocycles. The van der Waals surface area contributed by atoms with Crippen molar-refractivity contribution in [2.24, 2.45) is 0 Å². The molecule has 2 heterocycles. The van der Waals surface area contributed by atoms with Gasteiger partial charge in [0.25, 0.3) is 5.91 Å². The fourth-order valence-corrected chi connectivity index (χ4v) is 4.61. The largest absolute Gasteiger partial charge is 0.496 e. The fourth-order valence-electron chi connectivity index (χ4n) is 4.61. The van der Waals surface area contributed by atoms with E-state index in [0.717, 1.165) is 41.8 Å². The number of aryl methyl sites for hydroxylation is 1. The van der Waals surface area contributed by atoms with Gasteiger partial charge in [-0.1, -0.05) is 31.1 Å². The minimum atomic E-state index is -0.268. The minimum Gasteiger partial charge on any atom is -0.496 e. The summed E-state index contributed by atoms with van der Waals surface area (Å²) in [7, 11) is 5.36. The summed E-state index contributed by atoms with van der Waals surface area (Å²) < 4.78 is 17.2. The third-order valence-electron chi connectivity index (χ3n) is 6.39. The van der Waals surface area contributed by atoms with E-state index in [1.807, 2.05) is 19.1 Å². The van der Waals surface area contributed by atoms with Crippen LogP contribution < -0.4 is 19.7 Å². The lowest BCUT2D eigenvalue weighted by Gasteiger charge is -2.28. The molecule has 1 amide bonds. The third-order valence-corrected chi connectivity index (χ3v) is 6.39. The average Bonchev–Trinajstić information content (AvgIpc) is 3.28. The van der Waals surface area contributed by atoms with Gasteiger partial charge in [-0.05, 0) is 54.5 Å². The molecule has 1 N–H and O–H groups in total. The Morgan fingerprint density at radius 3 is 2.62 bits per heavy atom. The molecule has 180 valence electrons. The van der Waals surface area contributed by atoms with Crippen LogP contribution in [0, 0.1) is 0 Å². The highest BCUT2D eigenvalue weighted by Gasteiger charge is 2.28. The molecular weight excluding hydrogens is 430 g/mol. The number of carbonyl (C=O) groups excluding carboxylic acids is 1. The van der Waals surface area contributed by atoms with E-state index in [1.54, 1.807) is 14.2 Å². The second-order valence-corrected chi connectivity index (χ2v) is 8.91. The summed E-state index contributed by atoms with van der Waals surface area (Å²) in [5, 5.41) is 7.08. The van der Waals surface area contributed by atoms with E-state index in [1.165, 1.54) is 11.3 Å². The molecule has 1 aliphatic rings. The van der Waals surface area contributed by atoms with Gasteiger partial charge in [0.1, 0.15) is 11.5 Å². The number of hydrogen-bond acceptors (Lipinski definition) is 6. The van der Waals surface area contributed by atoms with Gasteiger partial charge in [-0.2, -0.15) is 0 Å². The molecule has 0 bridgehead atoms. The van der Waals surface area contributed by atoms with E-state index < -0.39 is 0 Å². The van der Waals surface area contributed by atoms with Crippen molar-refractivity contribution >= 4 is 11.6 Å². The zero-order valence-corrected chi connectivity index (χ0v) is 20.8. The number of anilines is 1.